The molecule has 0 fully saturated rings. The van der Waals surface area contributed by atoms with Crippen molar-refractivity contribution in [2.75, 3.05) is 0 Å². The molecule has 0 atom stereocenters. The summed E-state index contributed by atoms with van der Waals surface area (Å²) in [5, 5.41) is 6.56. The number of sulfonamides is 1. The van der Waals surface area contributed by atoms with E-state index in [9.17, 15) is 8.42 Å². The maximum Gasteiger partial charge on any atom is 0.0749 e. The Kier molecular flexibility index (Phi) is 2.44. The summed E-state index contributed by atoms with van der Waals surface area (Å²) >= 11 is 0. The van der Waals surface area contributed by atoms with Crippen molar-refractivity contribution in [3.8, 4) is 0 Å². The van der Waals surface area contributed by atoms with Crippen LogP contribution < -0.4 is 0 Å². The third-order valence-electron chi connectivity index (χ3n) is 0.806. The number of nitrogens with one attached hydrogen (secondary N) is 1. The van der Waals surface area contributed by atoms with Crippen LogP contribution in [0.3, 0.4) is 0 Å². The Hall–Kier alpha value is -1.09. The SMILES string of the molecule is CC(C)(C)S([NH-])(=O)=O.[Rf]. The van der Waals surface area contributed by atoms with Crippen LogP contribution in [0.4, 0.5) is 0 Å². The van der Waals surface area contributed by atoms with E-state index < -0.39 is 14.8 Å². The molecule has 0 aliphatic heterocycles. The molecule has 0 aromatic heterocycles. The first kappa shape index (κ1) is 10.8. The summed E-state index contributed by atoms with van der Waals surface area (Å²) in [5.74, 6) is 0. The quantitative estimate of drug-likeness (QED) is 0.610. The van der Waals surface area contributed by atoms with Gasteiger partial charge in [0.15, 0.2) is 0 Å². The van der Waals surface area contributed by atoms with Crippen LogP contribution in [-0.4, -0.2) is 13.2 Å². The standard InChI is InChI=1S/C4H10NO2S.Rf/c1-4(2,3)8(5,6)7;/h1-3H3,(H-,5,6,7);/q-1;. The first-order chi connectivity index (χ1) is 3.25. The molecule has 0 saturated heterocycles. The van der Waals surface area contributed by atoms with Crippen LogP contribution in [0.15, 0.2) is 0 Å². The fourth-order valence-corrected chi connectivity index (χ4v) is 0. The topological polar surface area (TPSA) is 57.9 Å². The predicted molar refractivity (Wildman–Crippen MR) is 33.0 cm³/mol. The van der Waals surface area contributed by atoms with Gasteiger partial charge in [-0.15, -0.1) is 0 Å². The minimum absolute atomic E-state index is 0. The minimum atomic E-state index is -3.59. The summed E-state index contributed by atoms with van der Waals surface area (Å²) in [6.07, 6.45) is 0. The molecule has 3 nitrogen and oxygen atoms in total. The van der Waals surface area contributed by atoms with E-state index in [1.807, 2.05) is 0 Å². The van der Waals surface area contributed by atoms with Crippen LogP contribution in [0.2, 0.25) is 0 Å². The van der Waals surface area contributed by atoms with Crippen molar-refractivity contribution in [3.05, 3.63) is 5.14 Å². The Balaban J connectivity index is 0. The Bertz CT molecular complexity index is 167. The monoisotopic (exact) mass is 403 g/mol. The van der Waals surface area contributed by atoms with Crippen LogP contribution in [-0.2, 0) is 10.0 Å². The summed E-state index contributed by atoms with van der Waals surface area (Å²) < 4.78 is 19.7. The second kappa shape index (κ2) is 2.03. The fraction of sp³-hybridized carbons (Fsp3) is 1.00. The van der Waals surface area contributed by atoms with Crippen molar-refractivity contribution in [2.45, 2.75) is 25.5 Å². The second-order valence-corrected chi connectivity index (χ2v) is 4.85. The Morgan fingerprint density at radius 3 is 1.33 bits per heavy atom. The van der Waals surface area contributed by atoms with Gasteiger partial charge in [-0.25, -0.2) is 8.42 Å². The maximum absolute atomic E-state index is 10.3. The molecule has 0 aromatic rings. The van der Waals surface area contributed by atoms with Gasteiger partial charge in [0.05, 0.1) is 10.0 Å². The van der Waals surface area contributed by atoms with Crippen molar-refractivity contribution in [1.82, 2.24) is 0 Å². The van der Waals surface area contributed by atoms with Gasteiger partial charge in [0.2, 0.25) is 0 Å². The van der Waals surface area contributed by atoms with E-state index in [1.54, 1.807) is 0 Å². The summed E-state index contributed by atoms with van der Waals surface area (Å²) in [4.78, 5) is 0. The molecule has 1 N–H and O–H groups in total. The van der Waals surface area contributed by atoms with E-state index in [0.29, 0.717) is 0 Å². The third-order valence-corrected chi connectivity index (χ3v) is 2.42. The van der Waals surface area contributed by atoms with Gasteiger partial charge in [-0.05, 0) is 20.8 Å². The number of hydrogen-bond acceptors (Lipinski definition) is 2. The minimum Gasteiger partial charge on any atom is -0.564 e. The van der Waals surface area contributed by atoms with Gasteiger partial charge >= 0.3 is 0 Å². The van der Waals surface area contributed by atoms with Crippen molar-refractivity contribution >= 4 is 10.0 Å². The molecule has 0 spiro atoms. The van der Waals surface area contributed by atoms with Crippen LogP contribution in [0, 0.1) is 0 Å². The molecule has 0 radical (unpaired) electrons. The molecular weight excluding hydrogens is 393 g/mol. The predicted octanol–water partition coefficient (Wildman–Crippen LogP) is 1.17. The summed E-state index contributed by atoms with van der Waals surface area (Å²) in [6, 6.07) is 0. The smallest absolute Gasteiger partial charge is 0.0749 e. The third kappa shape index (κ3) is 2.66. The molecular formula is C4H10NO2RfS-. The zero-order valence-corrected chi connectivity index (χ0v) is 13.1. The Labute approximate surface area is 49.9 Å². The van der Waals surface area contributed by atoms with Crippen molar-refractivity contribution in [1.29, 1.82) is 0 Å². The molecule has 0 heterocycles. The molecule has 0 unspecified atom stereocenters. The van der Waals surface area contributed by atoms with E-state index >= 15 is 0 Å². The average Bonchev–Trinajstić information content (AvgIpc) is 1.25. The Morgan fingerprint density at radius 2 is 1.33 bits per heavy atom. The van der Waals surface area contributed by atoms with Crippen molar-refractivity contribution in [2.24, 2.45) is 0 Å². The van der Waals surface area contributed by atoms with E-state index in [0.717, 1.165) is 0 Å². The van der Waals surface area contributed by atoms with E-state index in [2.05, 4.69) is 0 Å². The fourth-order valence-electron chi connectivity index (χ4n) is 0. The van der Waals surface area contributed by atoms with Crippen LogP contribution in [0.25, 0.3) is 5.14 Å². The van der Waals surface area contributed by atoms with Gasteiger partial charge < -0.3 is 5.14 Å². The first-order valence-corrected chi connectivity index (χ1v) is 3.72. The van der Waals surface area contributed by atoms with Gasteiger partial charge in [0.1, 0.15) is 0 Å². The van der Waals surface area contributed by atoms with Gasteiger partial charge in [-0.1, -0.05) is 0 Å². The first-order valence-electron chi connectivity index (χ1n) is 2.24. The molecule has 0 aromatic carbocycles. The van der Waals surface area contributed by atoms with Crippen molar-refractivity contribution < 1.29 is 8.42 Å². The van der Waals surface area contributed by atoms with Gasteiger partial charge in [0, 0.05) is 4.75 Å². The molecule has 0 rings (SSSR count). The largest absolute Gasteiger partial charge is 0.564 e. The molecule has 0 saturated carbocycles. The summed E-state index contributed by atoms with van der Waals surface area (Å²) in [7, 11) is -3.59. The molecule has 9 heavy (non-hydrogen) atoms. The molecule has 0 bridgehead atoms. The van der Waals surface area contributed by atoms with E-state index in [1.165, 1.54) is 20.8 Å². The average molecular weight is 403 g/mol. The normalized spacial score (nSPS) is 12.4. The van der Waals surface area contributed by atoms with Crippen molar-refractivity contribution in [3.63, 3.8) is 0 Å². The zero-order chi connectivity index (χ0) is 7.00. The number of rotatable bonds is 0. The van der Waals surface area contributed by atoms with Gasteiger partial charge in [0.25, 0.3) is 0 Å². The molecule has 0 aliphatic rings. The molecule has 5 heteroatoms. The maximum atomic E-state index is 10.3. The summed E-state index contributed by atoms with van der Waals surface area (Å²) in [5.41, 5.74) is 0. The van der Waals surface area contributed by atoms with Crippen LogP contribution >= 0.6 is 0 Å². The van der Waals surface area contributed by atoms with Crippen LogP contribution in [0.5, 0.6) is 0 Å². The molecule has 0 amide bonds. The summed E-state index contributed by atoms with van der Waals surface area (Å²) in [6.45, 7) is 4.49. The van der Waals surface area contributed by atoms with E-state index in [4.69, 9.17) is 5.14 Å². The van der Waals surface area contributed by atoms with Gasteiger partial charge in [-0.2, -0.15) is 0 Å². The zero-order valence-electron chi connectivity index (χ0n) is 5.93. The van der Waals surface area contributed by atoms with Gasteiger partial charge in [-0.3, -0.25) is 0 Å². The second-order valence-electron chi connectivity index (χ2n) is 2.62. The molecule has 52 valence electrons. The molecule has 0 aliphatic carbocycles. The Morgan fingerprint density at radius 1 is 1.22 bits per heavy atom. The van der Waals surface area contributed by atoms with Crippen LogP contribution in [0.1, 0.15) is 20.8 Å². The van der Waals surface area contributed by atoms with E-state index in [-0.39, 0.29) is 0 Å². The number of hydrogen-bond donors (Lipinski definition) is 0.